The molecule has 0 atom stereocenters. The van der Waals surface area contributed by atoms with Crippen LogP contribution in [-0.4, -0.2) is 39.9 Å². The van der Waals surface area contributed by atoms with Gasteiger partial charge in [0, 0.05) is 11.5 Å². The summed E-state index contributed by atoms with van der Waals surface area (Å²) in [4.78, 5) is 11.9. The summed E-state index contributed by atoms with van der Waals surface area (Å²) in [5.41, 5.74) is 3.25. The second-order valence-electron chi connectivity index (χ2n) is 4.85. The van der Waals surface area contributed by atoms with E-state index in [1.165, 1.54) is 13.3 Å². The molecule has 1 saturated heterocycles. The van der Waals surface area contributed by atoms with E-state index in [4.69, 9.17) is 4.74 Å². The number of carbonyl (C=O) groups is 1. The highest BCUT2D eigenvalue weighted by Crippen LogP contribution is 2.45. The van der Waals surface area contributed by atoms with Crippen LogP contribution in [0.15, 0.2) is 21.7 Å². The van der Waals surface area contributed by atoms with Gasteiger partial charge in [-0.2, -0.15) is 5.10 Å². The smallest absolute Gasteiger partial charge is 0.242 e. The molecule has 120 valence electrons. The topological polar surface area (TPSA) is 70.9 Å². The minimum atomic E-state index is -0.106. The van der Waals surface area contributed by atoms with E-state index in [9.17, 15) is 9.90 Å². The van der Waals surface area contributed by atoms with E-state index >= 15 is 0 Å². The van der Waals surface area contributed by atoms with Crippen LogP contribution in [0.1, 0.15) is 18.9 Å². The Kier molecular flexibility index (Phi) is 6.05. The molecule has 0 saturated carbocycles. The second kappa shape index (κ2) is 7.61. The number of phenols is 1. The zero-order chi connectivity index (χ0) is 16.2. The summed E-state index contributed by atoms with van der Waals surface area (Å²) < 4.78 is 5.52. The number of thioether (sulfide) groups is 2. The predicted molar refractivity (Wildman–Crippen MR) is 96.0 cm³/mol. The molecule has 1 amide bonds. The Balaban J connectivity index is 1.95. The number of amides is 1. The fraction of sp³-hybridized carbons (Fsp3) is 0.429. The van der Waals surface area contributed by atoms with Gasteiger partial charge in [-0.25, -0.2) is 5.43 Å². The molecule has 1 heterocycles. The van der Waals surface area contributed by atoms with Crippen LogP contribution in [0.3, 0.4) is 0 Å². The first kappa shape index (κ1) is 17.5. The third-order valence-corrected chi connectivity index (χ3v) is 6.95. The van der Waals surface area contributed by atoms with Crippen LogP contribution in [0.4, 0.5) is 0 Å². The summed E-state index contributed by atoms with van der Waals surface area (Å²) in [6.07, 6.45) is 1.95. The molecule has 1 aliphatic rings. The Morgan fingerprint density at radius 3 is 2.86 bits per heavy atom. The van der Waals surface area contributed by atoms with Gasteiger partial charge >= 0.3 is 0 Å². The summed E-state index contributed by atoms with van der Waals surface area (Å²) in [6, 6.07) is 3.33. The summed E-state index contributed by atoms with van der Waals surface area (Å²) in [6.45, 7) is 2.08. The first-order chi connectivity index (χ1) is 10.4. The highest BCUT2D eigenvalue weighted by atomic mass is 79.9. The van der Waals surface area contributed by atoms with Crippen molar-refractivity contribution >= 4 is 51.6 Å². The van der Waals surface area contributed by atoms with Crippen molar-refractivity contribution in [3.8, 4) is 11.5 Å². The molecule has 8 heteroatoms. The molecule has 0 radical (unpaired) electrons. The lowest BCUT2D eigenvalue weighted by molar-refractivity contribution is -0.121. The monoisotopic (exact) mass is 404 g/mol. The molecular weight excluding hydrogens is 388 g/mol. The molecule has 0 spiro atoms. The van der Waals surface area contributed by atoms with Crippen LogP contribution in [0.25, 0.3) is 0 Å². The van der Waals surface area contributed by atoms with Crippen LogP contribution < -0.4 is 10.2 Å². The fourth-order valence-corrected chi connectivity index (χ4v) is 5.28. The maximum absolute atomic E-state index is 11.9. The van der Waals surface area contributed by atoms with Gasteiger partial charge in [0.25, 0.3) is 0 Å². The van der Waals surface area contributed by atoms with Crippen LogP contribution >= 0.6 is 39.5 Å². The van der Waals surface area contributed by atoms with Crippen LogP contribution in [0.2, 0.25) is 0 Å². The van der Waals surface area contributed by atoms with Crippen molar-refractivity contribution in [2.45, 2.75) is 17.4 Å². The van der Waals surface area contributed by atoms with Crippen LogP contribution in [0, 0.1) is 0 Å². The molecule has 1 aromatic carbocycles. The average Bonchev–Trinajstić information content (AvgIpc) is 2.88. The normalized spacial score (nSPS) is 16.9. The first-order valence-electron chi connectivity index (χ1n) is 6.60. The van der Waals surface area contributed by atoms with E-state index in [1.54, 1.807) is 12.1 Å². The number of hydrazone groups is 1. The molecular formula is C14H17BrN2O3S2. The molecule has 1 fully saturated rings. The van der Waals surface area contributed by atoms with E-state index in [0.717, 1.165) is 11.5 Å². The summed E-state index contributed by atoms with van der Waals surface area (Å²) in [5.74, 6) is 2.43. The van der Waals surface area contributed by atoms with E-state index in [2.05, 4.69) is 33.4 Å². The molecule has 1 aromatic rings. The van der Waals surface area contributed by atoms with Gasteiger partial charge in [0.2, 0.25) is 5.91 Å². The van der Waals surface area contributed by atoms with Crippen LogP contribution in [0.5, 0.6) is 11.5 Å². The number of ether oxygens (including phenoxy) is 1. The number of nitrogens with zero attached hydrogens (tertiary/aromatic N) is 1. The number of benzene rings is 1. The molecule has 5 nitrogen and oxygen atoms in total. The second-order valence-corrected chi connectivity index (χ2v) is 9.16. The summed E-state index contributed by atoms with van der Waals surface area (Å²) >= 11 is 6.86. The van der Waals surface area contributed by atoms with E-state index in [-0.39, 0.29) is 15.7 Å². The van der Waals surface area contributed by atoms with Gasteiger partial charge in [0.05, 0.1) is 28.3 Å². The van der Waals surface area contributed by atoms with Crippen molar-refractivity contribution in [3.05, 3.63) is 22.2 Å². The molecule has 2 N–H and O–H groups in total. The van der Waals surface area contributed by atoms with Gasteiger partial charge in [0.15, 0.2) is 11.5 Å². The van der Waals surface area contributed by atoms with Gasteiger partial charge in [-0.3, -0.25) is 4.79 Å². The van der Waals surface area contributed by atoms with Crippen molar-refractivity contribution in [2.24, 2.45) is 5.10 Å². The lowest BCUT2D eigenvalue weighted by Crippen LogP contribution is -2.26. The zero-order valence-electron chi connectivity index (χ0n) is 12.3. The van der Waals surface area contributed by atoms with Crippen molar-refractivity contribution < 1.29 is 14.6 Å². The van der Waals surface area contributed by atoms with Crippen LogP contribution in [-0.2, 0) is 4.79 Å². The highest BCUT2D eigenvalue weighted by molar-refractivity contribution is 9.10. The summed E-state index contributed by atoms with van der Waals surface area (Å²) in [5, 5.41) is 13.7. The van der Waals surface area contributed by atoms with Crippen molar-refractivity contribution in [2.75, 3.05) is 18.6 Å². The standard InChI is InChI=1S/C14H17BrN2O3S2/c1-14(21-3-4-22-14)7-12(18)17-16-8-9-5-10(15)13(19)11(6-9)20-2/h5-6,8,19H,3-4,7H2,1-2H3,(H,17,18)/b16-8-. The van der Waals surface area contributed by atoms with E-state index < -0.39 is 0 Å². The van der Waals surface area contributed by atoms with Gasteiger partial charge < -0.3 is 9.84 Å². The molecule has 1 aliphatic heterocycles. The van der Waals surface area contributed by atoms with Gasteiger partial charge in [-0.05, 0) is 40.5 Å². The largest absolute Gasteiger partial charge is 0.503 e. The van der Waals surface area contributed by atoms with Crippen molar-refractivity contribution in [1.29, 1.82) is 0 Å². The number of rotatable bonds is 5. The number of hydrogen-bond donors (Lipinski definition) is 2. The van der Waals surface area contributed by atoms with Gasteiger partial charge in [-0.15, -0.1) is 23.5 Å². The number of nitrogens with one attached hydrogen (secondary N) is 1. The van der Waals surface area contributed by atoms with Crippen molar-refractivity contribution in [3.63, 3.8) is 0 Å². The number of aromatic hydroxyl groups is 1. The molecule has 2 rings (SSSR count). The molecule has 0 aliphatic carbocycles. The minimum absolute atomic E-state index is 0.0342. The summed E-state index contributed by atoms with van der Waals surface area (Å²) in [7, 11) is 1.47. The highest BCUT2D eigenvalue weighted by Gasteiger charge is 2.32. The van der Waals surface area contributed by atoms with Gasteiger partial charge in [0.1, 0.15) is 0 Å². The maximum atomic E-state index is 11.9. The number of halogens is 1. The predicted octanol–water partition coefficient (Wildman–Crippen LogP) is 3.20. The van der Waals surface area contributed by atoms with Crippen molar-refractivity contribution in [1.82, 2.24) is 5.43 Å². The molecule has 0 bridgehead atoms. The Labute approximate surface area is 146 Å². The number of phenolic OH excluding ortho intramolecular Hbond substituents is 1. The average molecular weight is 405 g/mol. The first-order valence-corrected chi connectivity index (χ1v) is 9.36. The lowest BCUT2D eigenvalue weighted by atomic mass is 10.2. The fourth-order valence-electron chi connectivity index (χ4n) is 1.99. The molecule has 0 aromatic heterocycles. The zero-order valence-corrected chi connectivity index (χ0v) is 15.5. The minimum Gasteiger partial charge on any atom is -0.503 e. The quantitative estimate of drug-likeness (QED) is 0.582. The number of hydrogen-bond acceptors (Lipinski definition) is 6. The number of methoxy groups -OCH3 is 1. The Hall–Kier alpha value is -0.860. The third-order valence-electron chi connectivity index (χ3n) is 3.05. The Morgan fingerprint density at radius 1 is 1.55 bits per heavy atom. The SMILES string of the molecule is COc1cc(/C=N\NC(=O)CC2(C)SCCS2)cc(Br)c1O. The lowest BCUT2D eigenvalue weighted by Gasteiger charge is -2.19. The Bertz CT molecular complexity index is 590. The molecule has 0 unspecified atom stereocenters. The molecule has 22 heavy (non-hydrogen) atoms. The third kappa shape index (κ3) is 4.57. The maximum Gasteiger partial charge on any atom is 0.242 e. The van der Waals surface area contributed by atoms with E-state index in [0.29, 0.717) is 22.2 Å². The van der Waals surface area contributed by atoms with E-state index in [1.807, 2.05) is 23.5 Å². The number of carbonyl (C=O) groups excluding carboxylic acids is 1. The van der Waals surface area contributed by atoms with Gasteiger partial charge in [-0.1, -0.05) is 0 Å². The Morgan fingerprint density at radius 2 is 2.23 bits per heavy atom.